The zero-order chi connectivity index (χ0) is 21.9. The zero-order valence-electron chi connectivity index (χ0n) is 18.9. The molecule has 0 aliphatic heterocycles. The van der Waals surface area contributed by atoms with Crippen molar-refractivity contribution in [3.8, 4) is 0 Å². The Bertz CT molecular complexity index is 809. The Morgan fingerprint density at radius 1 is 0.500 bits per heavy atom. The first kappa shape index (κ1) is 24.9. The molecule has 0 bridgehead atoms. The predicted molar refractivity (Wildman–Crippen MR) is 134 cm³/mol. The summed E-state index contributed by atoms with van der Waals surface area (Å²) >= 11 is 0. The molecule has 0 amide bonds. The van der Waals surface area contributed by atoms with Gasteiger partial charge in [0.15, 0.2) is 0 Å². The molecule has 0 aliphatic carbocycles. The number of hydrogen-bond donors (Lipinski definition) is 0. The molecule has 30 heavy (non-hydrogen) atoms. The Morgan fingerprint density at radius 3 is 1.07 bits per heavy atom. The first-order valence-corrected chi connectivity index (χ1v) is 10.7. The molecule has 0 saturated carbocycles. The summed E-state index contributed by atoms with van der Waals surface area (Å²) in [6, 6.07) is 43.2. The minimum Gasteiger partial charge on any atom is -0.0623 e. The van der Waals surface area contributed by atoms with Crippen molar-refractivity contribution in [2.75, 3.05) is 0 Å². The smallest absolute Gasteiger partial charge is 0.0219 e. The standard InChI is InChI=1S/C9H12.C8H10.C7H8.C6H6/c1-8(2)9-6-4-3-5-7-9;1-2-8-6-4-3-5-7-8;1-7-5-3-2-4-6-7;1-2-4-6-5-3-1/h3-8H,1-2H3;3-7H,2H2,1H3;2-6H,1H3;1-6H. The van der Waals surface area contributed by atoms with E-state index in [0.29, 0.717) is 5.92 Å². The van der Waals surface area contributed by atoms with Crippen LogP contribution in [0.15, 0.2) is 127 Å². The SMILES string of the molecule is CC(C)c1ccccc1.CCc1ccccc1.Cc1ccccc1.c1ccccc1. The third kappa shape index (κ3) is 13.1. The predicted octanol–water partition coefficient (Wildman–Crippen LogP) is 8.74. The summed E-state index contributed by atoms with van der Waals surface area (Å²) in [7, 11) is 0. The lowest BCUT2D eigenvalue weighted by molar-refractivity contribution is 0.867. The first-order valence-electron chi connectivity index (χ1n) is 10.7. The molecule has 0 aromatic heterocycles. The van der Waals surface area contributed by atoms with Crippen LogP contribution in [-0.2, 0) is 6.42 Å². The van der Waals surface area contributed by atoms with Crippen LogP contribution in [0.2, 0.25) is 0 Å². The highest BCUT2D eigenvalue weighted by Gasteiger charge is 1.93. The van der Waals surface area contributed by atoms with E-state index >= 15 is 0 Å². The molecule has 0 atom stereocenters. The molecule has 0 saturated heterocycles. The van der Waals surface area contributed by atoms with Gasteiger partial charge in [-0.1, -0.05) is 154 Å². The molecule has 4 rings (SSSR count). The van der Waals surface area contributed by atoms with Gasteiger partial charge in [0.2, 0.25) is 0 Å². The summed E-state index contributed by atoms with van der Waals surface area (Å²) < 4.78 is 0. The van der Waals surface area contributed by atoms with Gasteiger partial charge < -0.3 is 0 Å². The van der Waals surface area contributed by atoms with Crippen LogP contribution in [0.1, 0.15) is 43.4 Å². The summed E-state index contributed by atoms with van der Waals surface area (Å²) in [5.41, 5.74) is 4.15. The maximum absolute atomic E-state index is 2.20. The Labute approximate surface area is 184 Å². The molecule has 0 spiro atoms. The zero-order valence-corrected chi connectivity index (χ0v) is 18.9. The van der Waals surface area contributed by atoms with Crippen molar-refractivity contribution < 1.29 is 0 Å². The van der Waals surface area contributed by atoms with Gasteiger partial charge in [0.1, 0.15) is 0 Å². The minimum absolute atomic E-state index is 0.659. The van der Waals surface area contributed by atoms with Crippen LogP contribution in [0, 0.1) is 6.92 Å². The molecule has 156 valence electrons. The monoisotopic (exact) mass is 396 g/mol. The quantitative estimate of drug-likeness (QED) is 0.318. The van der Waals surface area contributed by atoms with Crippen LogP contribution in [0.4, 0.5) is 0 Å². The highest BCUT2D eigenvalue weighted by molar-refractivity contribution is 5.17. The molecule has 4 aromatic rings. The summed E-state index contributed by atoms with van der Waals surface area (Å²) in [6.45, 7) is 8.65. The van der Waals surface area contributed by atoms with Crippen molar-refractivity contribution in [3.05, 3.63) is 144 Å². The lowest BCUT2D eigenvalue weighted by Gasteiger charge is -2.01. The highest BCUT2D eigenvalue weighted by Crippen LogP contribution is 2.11. The second-order valence-electron chi connectivity index (χ2n) is 7.21. The molecule has 4 aromatic carbocycles. The maximum Gasteiger partial charge on any atom is -0.0219 e. The van der Waals surface area contributed by atoms with E-state index in [0.717, 1.165) is 6.42 Å². The summed E-state index contributed by atoms with van der Waals surface area (Å²) in [5.74, 6) is 0.659. The molecular formula is C30H36. The largest absolute Gasteiger partial charge is 0.0623 e. The van der Waals surface area contributed by atoms with Crippen molar-refractivity contribution in [2.45, 2.75) is 40.0 Å². The van der Waals surface area contributed by atoms with Crippen LogP contribution in [0.5, 0.6) is 0 Å². The van der Waals surface area contributed by atoms with E-state index in [2.05, 4.69) is 88.4 Å². The van der Waals surface area contributed by atoms with Crippen LogP contribution < -0.4 is 0 Å². The second-order valence-corrected chi connectivity index (χ2v) is 7.21. The van der Waals surface area contributed by atoms with Gasteiger partial charge in [-0.15, -0.1) is 0 Å². The Balaban J connectivity index is 0.000000202. The van der Waals surface area contributed by atoms with E-state index in [4.69, 9.17) is 0 Å². The topological polar surface area (TPSA) is 0 Å². The molecule has 0 heteroatoms. The van der Waals surface area contributed by atoms with Crippen LogP contribution >= 0.6 is 0 Å². The van der Waals surface area contributed by atoms with Gasteiger partial charge >= 0.3 is 0 Å². The highest BCUT2D eigenvalue weighted by atomic mass is 14.0. The van der Waals surface area contributed by atoms with Crippen LogP contribution in [0.25, 0.3) is 0 Å². The number of benzene rings is 4. The lowest BCUT2D eigenvalue weighted by Crippen LogP contribution is -1.83. The molecule has 0 N–H and O–H groups in total. The third-order valence-corrected chi connectivity index (χ3v) is 4.32. The van der Waals surface area contributed by atoms with Gasteiger partial charge in [0, 0.05) is 0 Å². The normalized spacial score (nSPS) is 9.10. The van der Waals surface area contributed by atoms with Gasteiger partial charge in [-0.25, -0.2) is 0 Å². The van der Waals surface area contributed by atoms with Gasteiger partial charge in [-0.2, -0.15) is 0 Å². The van der Waals surface area contributed by atoms with E-state index in [1.807, 2.05) is 66.7 Å². The number of hydrogen-bond acceptors (Lipinski definition) is 0. The molecule has 0 unspecified atom stereocenters. The van der Waals surface area contributed by atoms with Gasteiger partial charge in [0.05, 0.1) is 0 Å². The average Bonchev–Trinajstić information content (AvgIpc) is 2.83. The van der Waals surface area contributed by atoms with Crippen LogP contribution in [0.3, 0.4) is 0 Å². The Kier molecular flexibility index (Phi) is 14.0. The van der Waals surface area contributed by atoms with Gasteiger partial charge in [0.25, 0.3) is 0 Å². The van der Waals surface area contributed by atoms with Crippen molar-refractivity contribution in [2.24, 2.45) is 0 Å². The molecule has 0 heterocycles. The summed E-state index contributed by atoms with van der Waals surface area (Å²) in [5, 5.41) is 0. The van der Waals surface area contributed by atoms with E-state index in [-0.39, 0.29) is 0 Å². The second kappa shape index (κ2) is 16.8. The Hall–Kier alpha value is -3.12. The van der Waals surface area contributed by atoms with Crippen molar-refractivity contribution in [3.63, 3.8) is 0 Å². The van der Waals surface area contributed by atoms with Crippen molar-refractivity contribution in [1.82, 2.24) is 0 Å². The number of rotatable bonds is 2. The Morgan fingerprint density at radius 2 is 0.833 bits per heavy atom. The van der Waals surface area contributed by atoms with E-state index in [1.165, 1.54) is 16.7 Å². The third-order valence-electron chi connectivity index (χ3n) is 4.32. The molecule has 0 fully saturated rings. The summed E-state index contributed by atoms with van der Waals surface area (Å²) in [4.78, 5) is 0. The molecule has 0 aliphatic rings. The first-order chi connectivity index (χ1) is 14.6. The summed E-state index contributed by atoms with van der Waals surface area (Å²) in [6.07, 6.45) is 1.14. The fourth-order valence-corrected chi connectivity index (χ4v) is 2.47. The number of aryl methyl sites for hydroxylation is 2. The molecule has 0 nitrogen and oxygen atoms in total. The van der Waals surface area contributed by atoms with Gasteiger partial charge in [-0.05, 0) is 30.4 Å². The van der Waals surface area contributed by atoms with Gasteiger partial charge in [-0.3, -0.25) is 0 Å². The van der Waals surface area contributed by atoms with E-state index in [1.54, 1.807) is 0 Å². The molecular weight excluding hydrogens is 360 g/mol. The van der Waals surface area contributed by atoms with Crippen molar-refractivity contribution in [1.29, 1.82) is 0 Å². The van der Waals surface area contributed by atoms with Crippen LogP contribution in [-0.4, -0.2) is 0 Å². The van der Waals surface area contributed by atoms with Crippen molar-refractivity contribution >= 4 is 0 Å². The average molecular weight is 397 g/mol. The fourth-order valence-electron chi connectivity index (χ4n) is 2.47. The lowest BCUT2D eigenvalue weighted by atomic mass is 10.0. The molecule has 0 radical (unpaired) electrons. The van der Waals surface area contributed by atoms with E-state index < -0.39 is 0 Å². The fraction of sp³-hybridized carbons (Fsp3) is 0.200. The minimum atomic E-state index is 0.659. The maximum atomic E-state index is 2.20. The van der Waals surface area contributed by atoms with E-state index in [9.17, 15) is 0 Å².